The number of hydrogen-bond donors (Lipinski definition) is 1. The Hall–Kier alpha value is -2.08. The van der Waals surface area contributed by atoms with E-state index in [1.165, 1.54) is 18.4 Å². The van der Waals surface area contributed by atoms with Crippen LogP contribution in [0.1, 0.15) is 68.3 Å². The van der Waals surface area contributed by atoms with Crippen molar-refractivity contribution >= 4 is 17.5 Å². The summed E-state index contributed by atoms with van der Waals surface area (Å²) in [5.74, 6) is 0.544. The highest BCUT2D eigenvalue weighted by molar-refractivity contribution is 5.99. The zero-order valence-electron chi connectivity index (χ0n) is 18.5. The van der Waals surface area contributed by atoms with E-state index >= 15 is 0 Å². The Balaban J connectivity index is 1.71. The van der Waals surface area contributed by atoms with Crippen molar-refractivity contribution in [3.63, 3.8) is 0 Å². The number of likely N-dealkylation sites (tertiary alicyclic amines) is 2. The third-order valence-electron chi connectivity index (χ3n) is 7.67. The van der Waals surface area contributed by atoms with E-state index in [1.807, 2.05) is 11.0 Å². The van der Waals surface area contributed by atoms with Gasteiger partial charge in [0.25, 0.3) is 5.91 Å². The van der Waals surface area contributed by atoms with Gasteiger partial charge in [0.15, 0.2) is 0 Å². The minimum Gasteiger partial charge on any atom is -0.371 e. The predicted octanol–water partition coefficient (Wildman–Crippen LogP) is 2.96. The first-order chi connectivity index (χ1) is 14.4. The Morgan fingerprint density at radius 1 is 1.00 bits per heavy atom. The van der Waals surface area contributed by atoms with Crippen molar-refractivity contribution in [3.05, 3.63) is 29.3 Å². The van der Waals surface area contributed by atoms with Crippen LogP contribution in [0.3, 0.4) is 0 Å². The summed E-state index contributed by atoms with van der Waals surface area (Å²) in [6.45, 7) is 9.70. The Morgan fingerprint density at radius 3 is 2.20 bits per heavy atom. The van der Waals surface area contributed by atoms with Gasteiger partial charge in [-0.3, -0.25) is 14.5 Å². The first kappa shape index (κ1) is 21.2. The van der Waals surface area contributed by atoms with Crippen LogP contribution < -0.4 is 10.6 Å². The molecular formula is C24H36N4O2. The smallest absolute Gasteiger partial charge is 0.250 e. The van der Waals surface area contributed by atoms with Gasteiger partial charge >= 0.3 is 0 Å². The number of primary amides is 1. The van der Waals surface area contributed by atoms with Crippen LogP contribution in [-0.4, -0.2) is 60.9 Å². The number of piperidine rings is 2. The SMILES string of the molecule is CC(=O)N1CCC(c2ccc(C(N)=O)c(N3CCC(C)CC3)c2)(N2CCCC2)CC1. The summed E-state index contributed by atoms with van der Waals surface area (Å²) in [7, 11) is 0. The first-order valence-electron chi connectivity index (χ1n) is 11.6. The summed E-state index contributed by atoms with van der Waals surface area (Å²) in [5, 5.41) is 0. The summed E-state index contributed by atoms with van der Waals surface area (Å²) in [6.07, 6.45) is 6.64. The minimum absolute atomic E-state index is 0.0591. The highest BCUT2D eigenvalue weighted by atomic mass is 16.2. The number of hydrogen-bond acceptors (Lipinski definition) is 4. The van der Waals surface area contributed by atoms with Gasteiger partial charge in [0.2, 0.25) is 5.91 Å². The van der Waals surface area contributed by atoms with E-state index in [2.05, 4.69) is 28.9 Å². The van der Waals surface area contributed by atoms with Gasteiger partial charge in [0.05, 0.1) is 5.56 Å². The number of rotatable bonds is 4. The molecule has 3 aliphatic heterocycles. The van der Waals surface area contributed by atoms with Crippen molar-refractivity contribution < 1.29 is 9.59 Å². The molecule has 4 rings (SSSR count). The monoisotopic (exact) mass is 412 g/mol. The molecule has 0 saturated carbocycles. The topological polar surface area (TPSA) is 69.9 Å². The number of benzene rings is 1. The maximum Gasteiger partial charge on any atom is 0.250 e. The second kappa shape index (κ2) is 8.58. The van der Waals surface area contributed by atoms with Crippen LogP contribution in [0.15, 0.2) is 18.2 Å². The fourth-order valence-electron chi connectivity index (χ4n) is 5.66. The Labute approximate surface area is 180 Å². The molecule has 3 saturated heterocycles. The van der Waals surface area contributed by atoms with Crippen LogP contribution in [0.4, 0.5) is 5.69 Å². The van der Waals surface area contributed by atoms with Crippen molar-refractivity contribution in [2.45, 2.75) is 57.9 Å². The Bertz CT molecular complexity index is 786. The molecule has 1 aromatic carbocycles. The summed E-state index contributed by atoms with van der Waals surface area (Å²) in [6, 6.07) is 6.32. The molecule has 164 valence electrons. The van der Waals surface area contributed by atoms with E-state index in [1.54, 1.807) is 6.92 Å². The highest BCUT2D eigenvalue weighted by Gasteiger charge is 2.43. The average Bonchev–Trinajstić information content (AvgIpc) is 3.29. The molecule has 2 N–H and O–H groups in total. The second-order valence-electron chi connectivity index (χ2n) is 9.50. The predicted molar refractivity (Wildman–Crippen MR) is 120 cm³/mol. The van der Waals surface area contributed by atoms with Crippen LogP contribution in [0.25, 0.3) is 0 Å². The number of amides is 2. The van der Waals surface area contributed by atoms with E-state index in [9.17, 15) is 9.59 Å². The zero-order valence-corrected chi connectivity index (χ0v) is 18.5. The molecule has 0 unspecified atom stereocenters. The highest BCUT2D eigenvalue weighted by Crippen LogP contribution is 2.43. The standard InChI is InChI=1S/C24H36N4O2/c1-18-7-13-27(14-8-18)22-17-20(5-6-21(22)23(25)30)24(28-11-3-4-12-28)9-15-26(16-10-24)19(2)29/h5-6,17-18H,3-4,7-16H2,1-2H3,(H2,25,30). The zero-order chi connectivity index (χ0) is 21.3. The van der Waals surface area contributed by atoms with Gasteiger partial charge in [0, 0.05) is 44.3 Å². The summed E-state index contributed by atoms with van der Waals surface area (Å²) >= 11 is 0. The molecule has 0 bridgehead atoms. The fraction of sp³-hybridized carbons (Fsp3) is 0.667. The van der Waals surface area contributed by atoms with Crippen LogP contribution >= 0.6 is 0 Å². The fourth-order valence-corrected chi connectivity index (χ4v) is 5.66. The van der Waals surface area contributed by atoms with Crippen LogP contribution in [0, 0.1) is 5.92 Å². The van der Waals surface area contributed by atoms with Crippen molar-refractivity contribution in [2.24, 2.45) is 11.7 Å². The minimum atomic E-state index is -0.350. The molecule has 2 amide bonds. The molecule has 3 heterocycles. The average molecular weight is 413 g/mol. The number of carbonyl (C=O) groups is 2. The molecule has 1 aromatic rings. The number of nitrogens with zero attached hydrogens (tertiary/aromatic N) is 3. The van der Waals surface area contributed by atoms with Gasteiger partial charge in [-0.1, -0.05) is 13.0 Å². The largest absolute Gasteiger partial charge is 0.371 e. The maximum absolute atomic E-state index is 12.2. The van der Waals surface area contributed by atoms with Gasteiger partial charge < -0.3 is 15.5 Å². The summed E-state index contributed by atoms with van der Waals surface area (Å²) in [5.41, 5.74) is 8.62. The molecule has 30 heavy (non-hydrogen) atoms. The third kappa shape index (κ3) is 3.94. The maximum atomic E-state index is 12.2. The van der Waals surface area contributed by atoms with Gasteiger partial charge in [-0.25, -0.2) is 0 Å². The molecule has 6 nitrogen and oxygen atoms in total. The lowest BCUT2D eigenvalue weighted by Gasteiger charge is -2.48. The summed E-state index contributed by atoms with van der Waals surface area (Å²) < 4.78 is 0. The van der Waals surface area contributed by atoms with E-state index in [-0.39, 0.29) is 17.4 Å². The van der Waals surface area contributed by atoms with Crippen molar-refractivity contribution in [1.29, 1.82) is 0 Å². The van der Waals surface area contributed by atoms with Crippen molar-refractivity contribution in [2.75, 3.05) is 44.2 Å². The third-order valence-corrected chi connectivity index (χ3v) is 7.67. The second-order valence-corrected chi connectivity index (χ2v) is 9.50. The lowest BCUT2D eigenvalue weighted by Crippen LogP contribution is -2.53. The molecule has 0 radical (unpaired) electrons. The molecule has 0 spiro atoms. The number of anilines is 1. The van der Waals surface area contributed by atoms with Crippen LogP contribution in [-0.2, 0) is 10.3 Å². The van der Waals surface area contributed by atoms with Crippen molar-refractivity contribution in [3.8, 4) is 0 Å². The molecular weight excluding hydrogens is 376 g/mol. The molecule has 0 aliphatic carbocycles. The van der Waals surface area contributed by atoms with Gasteiger partial charge in [-0.2, -0.15) is 0 Å². The molecule has 3 fully saturated rings. The molecule has 0 atom stereocenters. The van der Waals surface area contributed by atoms with Crippen molar-refractivity contribution in [1.82, 2.24) is 9.80 Å². The normalized spacial score (nSPS) is 23.0. The molecule has 3 aliphatic rings. The number of nitrogens with two attached hydrogens (primary N) is 1. The van der Waals surface area contributed by atoms with E-state index in [0.717, 1.165) is 76.6 Å². The van der Waals surface area contributed by atoms with Gasteiger partial charge in [-0.15, -0.1) is 0 Å². The lowest BCUT2D eigenvalue weighted by molar-refractivity contribution is -0.131. The molecule has 6 heteroatoms. The Morgan fingerprint density at radius 2 is 1.63 bits per heavy atom. The molecule has 0 aromatic heterocycles. The Kier molecular flexibility index (Phi) is 6.05. The van der Waals surface area contributed by atoms with Crippen LogP contribution in [0.5, 0.6) is 0 Å². The van der Waals surface area contributed by atoms with E-state index in [4.69, 9.17) is 5.73 Å². The van der Waals surface area contributed by atoms with Gasteiger partial charge in [0.1, 0.15) is 0 Å². The van der Waals surface area contributed by atoms with E-state index in [0.29, 0.717) is 5.56 Å². The quantitative estimate of drug-likeness (QED) is 0.825. The number of carbonyl (C=O) groups excluding carboxylic acids is 2. The lowest BCUT2D eigenvalue weighted by atomic mass is 9.78. The summed E-state index contributed by atoms with van der Waals surface area (Å²) in [4.78, 5) is 31.1. The van der Waals surface area contributed by atoms with Gasteiger partial charge in [-0.05, 0) is 75.2 Å². The first-order valence-corrected chi connectivity index (χ1v) is 11.6. The van der Waals surface area contributed by atoms with Crippen LogP contribution in [0.2, 0.25) is 0 Å². The van der Waals surface area contributed by atoms with E-state index < -0.39 is 0 Å².